The summed E-state index contributed by atoms with van der Waals surface area (Å²) >= 11 is 0. The number of halogens is 1. The molecule has 2 aromatic heterocycles. The fourth-order valence-corrected chi connectivity index (χ4v) is 4.12. The van der Waals surface area contributed by atoms with E-state index in [1.807, 2.05) is 31.2 Å². The number of H-pyrrole nitrogens is 2. The van der Waals surface area contributed by atoms with Gasteiger partial charge in [0.15, 0.2) is 0 Å². The number of benzene rings is 1. The van der Waals surface area contributed by atoms with Gasteiger partial charge in [-0.05, 0) is 73.4 Å². The van der Waals surface area contributed by atoms with E-state index in [1.54, 1.807) is 12.1 Å². The summed E-state index contributed by atoms with van der Waals surface area (Å²) < 4.78 is 13.9. The highest BCUT2D eigenvalue weighted by molar-refractivity contribution is 5.84. The molecule has 0 amide bonds. The number of aromatic amines is 2. The molecule has 0 atom stereocenters. The lowest BCUT2D eigenvalue weighted by Crippen LogP contribution is -2.22. The van der Waals surface area contributed by atoms with Gasteiger partial charge in [0.1, 0.15) is 11.5 Å². The standard InChI is InChI=1S/C28H29FN4/c1-5-7-24(22-8-6-9-23(29)16-22)25-17-27(31-20(25)4)28-19(3)26(32-33-28)11-10-18(2)21-12-14-30-15-13-21/h5-12,16-17,30-32H,1,3,13-15H2,2,4H3/b18-10+,24-7-,26-11+. The summed E-state index contributed by atoms with van der Waals surface area (Å²) in [6.45, 7) is 14.1. The fraction of sp³-hybridized carbons (Fsp3) is 0.179. The third kappa shape index (κ3) is 4.89. The molecule has 4 rings (SSSR count). The molecule has 33 heavy (non-hydrogen) atoms. The van der Waals surface area contributed by atoms with E-state index >= 15 is 0 Å². The van der Waals surface area contributed by atoms with Gasteiger partial charge >= 0.3 is 0 Å². The van der Waals surface area contributed by atoms with Crippen LogP contribution in [0.25, 0.3) is 29.6 Å². The topological polar surface area (TPSA) is 56.5 Å². The predicted molar refractivity (Wildman–Crippen MR) is 135 cm³/mol. The molecule has 0 fully saturated rings. The van der Waals surface area contributed by atoms with E-state index in [0.717, 1.165) is 63.9 Å². The van der Waals surface area contributed by atoms with Gasteiger partial charge in [0, 0.05) is 23.0 Å². The minimum atomic E-state index is -0.271. The van der Waals surface area contributed by atoms with Crippen LogP contribution in [0.2, 0.25) is 0 Å². The van der Waals surface area contributed by atoms with Crippen molar-refractivity contribution in [3.63, 3.8) is 0 Å². The van der Waals surface area contributed by atoms with Crippen LogP contribution in [0.5, 0.6) is 0 Å². The molecule has 168 valence electrons. The van der Waals surface area contributed by atoms with Crippen molar-refractivity contribution in [2.24, 2.45) is 0 Å². The van der Waals surface area contributed by atoms with E-state index in [4.69, 9.17) is 0 Å². The van der Waals surface area contributed by atoms with Crippen molar-refractivity contribution < 1.29 is 4.39 Å². The highest BCUT2D eigenvalue weighted by Gasteiger charge is 2.15. The molecule has 3 N–H and O–H groups in total. The number of nitrogens with zero attached hydrogens (tertiary/aromatic N) is 1. The van der Waals surface area contributed by atoms with E-state index in [9.17, 15) is 4.39 Å². The van der Waals surface area contributed by atoms with E-state index in [-0.39, 0.29) is 5.82 Å². The minimum absolute atomic E-state index is 0.271. The largest absolute Gasteiger partial charge is 0.357 e. The van der Waals surface area contributed by atoms with Crippen LogP contribution in [0.4, 0.5) is 4.39 Å². The van der Waals surface area contributed by atoms with Crippen LogP contribution >= 0.6 is 0 Å². The second kappa shape index (κ2) is 9.84. The number of allylic oxidation sites excluding steroid dienone is 4. The average molecular weight is 441 g/mol. The predicted octanol–water partition coefficient (Wildman–Crippen LogP) is 4.53. The zero-order valence-corrected chi connectivity index (χ0v) is 19.1. The molecule has 3 heterocycles. The van der Waals surface area contributed by atoms with Crippen LogP contribution in [0.3, 0.4) is 0 Å². The Morgan fingerprint density at radius 2 is 2.06 bits per heavy atom. The number of hydrogen-bond donors (Lipinski definition) is 3. The third-order valence-electron chi connectivity index (χ3n) is 5.95. The average Bonchev–Trinajstić information content (AvgIpc) is 3.38. The van der Waals surface area contributed by atoms with Gasteiger partial charge in [-0.15, -0.1) is 0 Å². The fourth-order valence-electron chi connectivity index (χ4n) is 4.12. The lowest BCUT2D eigenvalue weighted by atomic mass is 9.97. The Balaban J connectivity index is 1.69. The zero-order valence-electron chi connectivity index (χ0n) is 19.1. The second-order valence-corrected chi connectivity index (χ2v) is 8.21. The number of hydrogen-bond acceptors (Lipinski definition) is 2. The number of aryl methyl sites for hydroxylation is 1. The van der Waals surface area contributed by atoms with Gasteiger partial charge in [-0.3, -0.25) is 5.10 Å². The summed E-state index contributed by atoms with van der Waals surface area (Å²) in [4.78, 5) is 3.42. The van der Waals surface area contributed by atoms with Crippen molar-refractivity contribution in [3.8, 4) is 11.4 Å². The first kappa shape index (κ1) is 22.5. The summed E-state index contributed by atoms with van der Waals surface area (Å²) in [5.41, 5.74) is 7.86. The Labute approximate surface area is 193 Å². The quantitative estimate of drug-likeness (QED) is 0.494. The molecular formula is C28H29FN4. The van der Waals surface area contributed by atoms with Crippen LogP contribution in [0.1, 0.15) is 30.2 Å². The lowest BCUT2D eigenvalue weighted by molar-refractivity contribution is 0.627. The van der Waals surface area contributed by atoms with Crippen LogP contribution in [0.15, 0.2) is 72.4 Å². The van der Waals surface area contributed by atoms with E-state index < -0.39 is 0 Å². The molecule has 0 saturated heterocycles. The first-order chi connectivity index (χ1) is 16.0. The van der Waals surface area contributed by atoms with Crippen molar-refractivity contribution in [2.75, 3.05) is 13.1 Å². The molecule has 3 aromatic rings. The van der Waals surface area contributed by atoms with Gasteiger partial charge in [-0.25, -0.2) is 4.39 Å². The van der Waals surface area contributed by atoms with Crippen LogP contribution in [-0.2, 0) is 0 Å². The lowest BCUT2D eigenvalue weighted by Gasteiger charge is -2.13. The molecule has 1 aromatic carbocycles. The van der Waals surface area contributed by atoms with Crippen LogP contribution < -0.4 is 15.9 Å². The number of nitrogens with one attached hydrogen (secondary N) is 3. The van der Waals surface area contributed by atoms with Gasteiger partial charge < -0.3 is 10.3 Å². The van der Waals surface area contributed by atoms with Gasteiger partial charge in [0.2, 0.25) is 0 Å². The van der Waals surface area contributed by atoms with Crippen molar-refractivity contribution in [3.05, 3.63) is 106 Å². The Morgan fingerprint density at radius 1 is 1.21 bits per heavy atom. The van der Waals surface area contributed by atoms with Crippen molar-refractivity contribution in [2.45, 2.75) is 20.3 Å². The molecular weight excluding hydrogens is 411 g/mol. The first-order valence-electron chi connectivity index (χ1n) is 11.1. The van der Waals surface area contributed by atoms with E-state index in [2.05, 4.69) is 52.7 Å². The molecule has 0 spiro atoms. The van der Waals surface area contributed by atoms with Crippen LogP contribution in [0, 0.1) is 12.7 Å². The minimum Gasteiger partial charge on any atom is -0.357 e. The van der Waals surface area contributed by atoms with Gasteiger partial charge in [-0.1, -0.05) is 49.6 Å². The number of rotatable bonds is 6. The monoisotopic (exact) mass is 440 g/mol. The van der Waals surface area contributed by atoms with Gasteiger partial charge in [-0.2, -0.15) is 5.10 Å². The molecule has 1 aliphatic heterocycles. The molecule has 0 unspecified atom stereocenters. The Kier molecular flexibility index (Phi) is 6.71. The van der Waals surface area contributed by atoms with Crippen molar-refractivity contribution >= 4 is 18.2 Å². The van der Waals surface area contributed by atoms with Gasteiger partial charge in [0.05, 0.1) is 11.0 Å². The highest BCUT2D eigenvalue weighted by Crippen LogP contribution is 2.29. The molecule has 0 aliphatic carbocycles. The van der Waals surface area contributed by atoms with Crippen molar-refractivity contribution in [1.29, 1.82) is 0 Å². The third-order valence-corrected chi connectivity index (χ3v) is 5.95. The summed E-state index contributed by atoms with van der Waals surface area (Å²) in [6.07, 6.45) is 11.0. The first-order valence-corrected chi connectivity index (χ1v) is 11.1. The molecule has 1 aliphatic rings. The maximum absolute atomic E-state index is 13.9. The van der Waals surface area contributed by atoms with E-state index in [0.29, 0.717) is 0 Å². The summed E-state index contributed by atoms with van der Waals surface area (Å²) in [7, 11) is 0. The zero-order chi connectivity index (χ0) is 23.4. The van der Waals surface area contributed by atoms with Crippen LogP contribution in [-0.4, -0.2) is 28.3 Å². The van der Waals surface area contributed by atoms with Gasteiger partial charge in [0.25, 0.3) is 0 Å². The Morgan fingerprint density at radius 3 is 2.79 bits per heavy atom. The normalized spacial score (nSPS) is 15.6. The Bertz CT molecular complexity index is 1380. The molecule has 0 radical (unpaired) electrons. The SMILES string of the molecule is C=C/C=C(/c1cccc(F)c1)c1cc(-c2n[nH]/c(=C/C=C(\C)C3=CCNCC3)c2=C)[nH]c1C. The molecule has 5 heteroatoms. The highest BCUT2D eigenvalue weighted by atomic mass is 19.1. The van der Waals surface area contributed by atoms with E-state index in [1.165, 1.54) is 23.3 Å². The maximum atomic E-state index is 13.9. The summed E-state index contributed by atoms with van der Waals surface area (Å²) in [5.74, 6) is -0.271. The smallest absolute Gasteiger partial charge is 0.123 e. The molecule has 4 nitrogen and oxygen atoms in total. The Hall–Kier alpha value is -3.70. The summed E-state index contributed by atoms with van der Waals surface area (Å²) in [5, 5.41) is 12.7. The summed E-state index contributed by atoms with van der Waals surface area (Å²) in [6, 6.07) is 8.61. The number of aromatic nitrogens is 3. The molecule has 0 bridgehead atoms. The molecule has 0 saturated carbocycles. The van der Waals surface area contributed by atoms with Crippen molar-refractivity contribution in [1.82, 2.24) is 20.5 Å². The second-order valence-electron chi connectivity index (χ2n) is 8.21. The maximum Gasteiger partial charge on any atom is 0.123 e.